The van der Waals surface area contributed by atoms with E-state index in [4.69, 9.17) is 9.47 Å². The number of carbonyl (C=O) groups excluding carboxylic acids is 1. The molecule has 2 rings (SSSR count). The molecule has 34 heavy (non-hydrogen) atoms. The molecule has 0 bridgehead atoms. The van der Waals surface area contributed by atoms with Gasteiger partial charge in [0.15, 0.2) is 6.61 Å². The largest absolute Gasteiger partial charge is 0.483 e. The third-order valence-electron chi connectivity index (χ3n) is 7.75. The molecule has 0 radical (unpaired) electrons. The second-order valence-corrected chi connectivity index (χ2v) is 10.7. The van der Waals surface area contributed by atoms with E-state index in [1.165, 1.54) is 18.4 Å². The van der Waals surface area contributed by atoms with E-state index >= 15 is 0 Å². The second kappa shape index (κ2) is 14.7. The predicted molar refractivity (Wildman–Crippen MR) is 137 cm³/mol. The molecule has 0 aromatic heterocycles. The van der Waals surface area contributed by atoms with Gasteiger partial charge >= 0.3 is 5.97 Å². The van der Waals surface area contributed by atoms with Crippen LogP contribution in [-0.2, 0) is 14.3 Å². The molecule has 2 saturated carbocycles. The van der Waals surface area contributed by atoms with E-state index < -0.39 is 0 Å². The first-order valence-electron chi connectivity index (χ1n) is 13.4. The monoisotopic (exact) mass is 476 g/mol. The fraction of sp³-hybridized carbons (Fsp3) is 0.759. The smallest absolute Gasteiger partial charge is 0.344 e. The molecular formula is C29H48O5. The number of carbonyl (C=O) groups is 1. The average molecular weight is 477 g/mol. The summed E-state index contributed by atoms with van der Waals surface area (Å²) < 4.78 is 10.7. The lowest BCUT2D eigenvalue weighted by molar-refractivity contribution is -0.154. The van der Waals surface area contributed by atoms with Gasteiger partial charge < -0.3 is 19.7 Å². The average Bonchev–Trinajstić information content (AvgIpc) is 3.10. The van der Waals surface area contributed by atoms with E-state index in [1.807, 2.05) is 26.8 Å². The molecule has 0 aromatic rings. The van der Waals surface area contributed by atoms with Crippen molar-refractivity contribution >= 4 is 5.97 Å². The minimum atomic E-state index is -0.381. The van der Waals surface area contributed by atoms with E-state index in [1.54, 1.807) is 6.08 Å². The van der Waals surface area contributed by atoms with Gasteiger partial charge in [0.2, 0.25) is 0 Å². The maximum Gasteiger partial charge on any atom is 0.344 e. The number of allylic oxidation sites excluding steroid dienone is 4. The molecule has 6 atom stereocenters. The molecule has 5 heteroatoms. The van der Waals surface area contributed by atoms with Crippen molar-refractivity contribution in [2.45, 2.75) is 110 Å². The summed E-state index contributed by atoms with van der Waals surface area (Å²) in [5.41, 5.74) is 1.39. The zero-order valence-corrected chi connectivity index (χ0v) is 21.9. The van der Waals surface area contributed by atoms with Crippen LogP contribution in [0.5, 0.6) is 0 Å². The Morgan fingerprint density at radius 1 is 1.24 bits per heavy atom. The van der Waals surface area contributed by atoms with Crippen LogP contribution >= 0.6 is 0 Å². The highest BCUT2D eigenvalue weighted by Gasteiger charge is 2.43. The van der Waals surface area contributed by atoms with E-state index in [0.29, 0.717) is 17.6 Å². The molecule has 2 aliphatic rings. The number of aliphatic hydroxyl groups is 2. The van der Waals surface area contributed by atoms with Gasteiger partial charge in [-0.15, -0.1) is 0 Å². The molecule has 2 N–H and O–H groups in total. The van der Waals surface area contributed by atoms with Crippen molar-refractivity contribution in [1.29, 1.82) is 0 Å². The lowest BCUT2D eigenvalue weighted by atomic mass is 9.74. The van der Waals surface area contributed by atoms with Gasteiger partial charge in [0, 0.05) is 0 Å². The van der Waals surface area contributed by atoms with Crippen LogP contribution in [0, 0.1) is 23.7 Å². The van der Waals surface area contributed by atoms with Gasteiger partial charge in [-0.1, -0.05) is 64.3 Å². The van der Waals surface area contributed by atoms with Gasteiger partial charge in [0.1, 0.15) is 11.9 Å². The minimum absolute atomic E-state index is 0.135. The molecule has 5 nitrogen and oxygen atoms in total. The fourth-order valence-electron chi connectivity index (χ4n) is 5.31. The Morgan fingerprint density at radius 2 is 2.00 bits per heavy atom. The number of aliphatic hydroxyl groups excluding tert-OH is 2. The van der Waals surface area contributed by atoms with Gasteiger partial charge in [-0.05, 0) is 81.6 Å². The van der Waals surface area contributed by atoms with Crippen molar-refractivity contribution in [2.24, 2.45) is 23.7 Å². The SMILES string of the molecule is C=C(/C=C\C=C1/CC[C@H]2C[C@@H](O)[C@H](CC[C@@H](O)CCCCC)[C@H]2C1)OCC(=O)O[C@H](C)C(C)C. The summed E-state index contributed by atoms with van der Waals surface area (Å²) in [4.78, 5) is 11.8. The summed E-state index contributed by atoms with van der Waals surface area (Å²) >= 11 is 0. The highest BCUT2D eigenvalue weighted by atomic mass is 16.6. The Hall–Kier alpha value is -1.59. The number of esters is 1. The normalized spacial score (nSPS) is 27.7. The lowest BCUT2D eigenvalue weighted by Gasteiger charge is -2.31. The highest BCUT2D eigenvalue weighted by molar-refractivity contribution is 5.71. The first kappa shape index (κ1) is 28.6. The molecule has 0 spiro atoms. The van der Waals surface area contributed by atoms with Crippen LogP contribution in [0.25, 0.3) is 0 Å². The van der Waals surface area contributed by atoms with Gasteiger partial charge in [-0.2, -0.15) is 0 Å². The van der Waals surface area contributed by atoms with Crippen LogP contribution in [0.1, 0.15) is 91.9 Å². The summed E-state index contributed by atoms with van der Waals surface area (Å²) in [5, 5.41) is 21.0. The van der Waals surface area contributed by atoms with Crippen molar-refractivity contribution in [3.63, 3.8) is 0 Å². The zero-order valence-electron chi connectivity index (χ0n) is 21.9. The summed E-state index contributed by atoms with van der Waals surface area (Å²) in [7, 11) is 0. The van der Waals surface area contributed by atoms with Crippen LogP contribution in [0.4, 0.5) is 0 Å². The van der Waals surface area contributed by atoms with Crippen molar-refractivity contribution in [3.8, 4) is 0 Å². The van der Waals surface area contributed by atoms with E-state index in [0.717, 1.165) is 51.4 Å². The van der Waals surface area contributed by atoms with E-state index in [2.05, 4.69) is 19.6 Å². The quantitative estimate of drug-likeness (QED) is 0.137. The molecule has 0 amide bonds. The molecule has 194 valence electrons. The first-order chi connectivity index (χ1) is 16.2. The summed E-state index contributed by atoms with van der Waals surface area (Å²) in [6.07, 6.45) is 15.3. The van der Waals surface area contributed by atoms with Crippen molar-refractivity contribution in [3.05, 3.63) is 36.1 Å². The molecule has 0 unspecified atom stereocenters. The van der Waals surface area contributed by atoms with E-state index in [-0.39, 0.29) is 42.7 Å². The van der Waals surface area contributed by atoms with E-state index in [9.17, 15) is 15.0 Å². The molecular weight excluding hydrogens is 428 g/mol. The molecule has 0 saturated heterocycles. The highest BCUT2D eigenvalue weighted by Crippen LogP contribution is 2.49. The van der Waals surface area contributed by atoms with Gasteiger partial charge in [-0.25, -0.2) is 4.79 Å². The number of rotatable bonds is 14. The number of unbranched alkanes of at least 4 members (excludes halogenated alkanes) is 2. The first-order valence-corrected chi connectivity index (χ1v) is 13.4. The Kier molecular flexibility index (Phi) is 12.4. The molecule has 0 aliphatic heterocycles. The molecule has 2 fully saturated rings. The standard InChI is InChI=1S/C29H48O5/c1-6-7-8-12-25(30)15-16-26-27-17-23(13-14-24(27)18-28(26)31)11-9-10-21(4)33-19-29(32)34-22(5)20(2)3/h9-11,20,22,24-28,30-31H,4,6-8,12-19H2,1-3,5H3/b10-9-,23-11+/t22-,24+,25+,26-,27+,28-/m1/s1. The van der Waals surface area contributed by atoms with Gasteiger partial charge in [-0.3, -0.25) is 0 Å². The second-order valence-electron chi connectivity index (χ2n) is 10.7. The summed E-state index contributed by atoms with van der Waals surface area (Å²) in [5.74, 6) is 1.71. The van der Waals surface area contributed by atoms with Crippen molar-refractivity contribution in [2.75, 3.05) is 6.61 Å². The van der Waals surface area contributed by atoms with Gasteiger partial charge in [0.25, 0.3) is 0 Å². The number of fused-ring (bicyclic) bond motifs is 1. The Morgan fingerprint density at radius 3 is 2.71 bits per heavy atom. The topological polar surface area (TPSA) is 76.0 Å². The molecule has 0 heterocycles. The molecule has 2 aliphatic carbocycles. The maximum atomic E-state index is 11.8. The fourth-order valence-corrected chi connectivity index (χ4v) is 5.31. The van der Waals surface area contributed by atoms with Crippen LogP contribution < -0.4 is 0 Å². The van der Waals surface area contributed by atoms with Crippen LogP contribution in [0.15, 0.2) is 36.1 Å². The van der Waals surface area contributed by atoms with Crippen molar-refractivity contribution < 1.29 is 24.5 Å². The third kappa shape index (κ3) is 9.58. The summed E-state index contributed by atoms with van der Waals surface area (Å²) in [6.45, 7) is 11.8. The van der Waals surface area contributed by atoms with Crippen LogP contribution in [0.2, 0.25) is 0 Å². The summed E-state index contributed by atoms with van der Waals surface area (Å²) in [6, 6.07) is 0. The zero-order chi connectivity index (χ0) is 25.1. The number of ether oxygens (including phenoxy) is 2. The predicted octanol–water partition coefficient (Wildman–Crippen LogP) is 6.11. The number of hydrogen-bond donors (Lipinski definition) is 2. The Bertz CT molecular complexity index is 695. The minimum Gasteiger partial charge on any atom is -0.483 e. The van der Waals surface area contributed by atoms with Crippen LogP contribution in [0.3, 0.4) is 0 Å². The Balaban J connectivity index is 1.79. The third-order valence-corrected chi connectivity index (χ3v) is 7.75. The van der Waals surface area contributed by atoms with Crippen LogP contribution in [-0.4, -0.2) is 41.1 Å². The maximum absolute atomic E-state index is 11.8. The van der Waals surface area contributed by atoms with Gasteiger partial charge in [0.05, 0.1) is 12.2 Å². The Labute approximate surface area is 207 Å². The van der Waals surface area contributed by atoms with Crippen molar-refractivity contribution in [1.82, 2.24) is 0 Å². The lowest BCUT2D eigenvalue weighted by Crippen LogP contribution is -2.25. The number of hydrogen-bond acceptors (Lipinski definition) is 5. The molecule has 0 aromatic carbocycles.